The van der Waals surface area contributed by atoms with Crippen LogP contribution in [-0.2, 0) is 16.1 Å². The van der Waals surface area contributed by atoms with E-state index in [1.165, 1.54) is 11.8 Å². The van der Waals surface area contributed by atoms with Crippen LogP contribution in [0.4, 0.5) is 0 Å². The zero-order valence-electron chi connectivity index (χ0n) is 16.0. The molecule has 1 N–H and O–H groups in total. The predicted octanol–water partition coefficient (Wildman–Crippen LogP) is 3.34. The highest BCUT2D eigenvalue weighted by Crippen LogP contribution is 2.21. The van der Waals surface area contributed by atoms with E-state index in [1.54, 1.807) is 19.1 Å². The summed E-state index contributed by atoms with van der Waals surface area (Å²) in [7, 11) is 3.21. The van der Waals surface area contributed by atoms with E-state index in [4.69, 9.17) is 4.74 Å². The van der Waals surface area contributed by atoms with Crippen LogP contribution in [0.25, 0.3) is 0 Å². The molecule has 0 heterocycles. The van der Waals surface area contributed by atoms with E-state index in [0.29, 0.717) is 13.0 Å². The molecule has 6 heteroatoms. The Balaban J connectivity index is 2.16. The molecule has 0 spiro atoms. The number of hydrogen-bond acceptors (Lipinski definition) is 4. The fourth-order valence-electron chi connectivity index (χ4n) is 2.76. The molecule has 0 aromatic heterocycles. The van der Waals surface area contributed by atoms with Crippen molar-refractivity contribution in [1.82, 2.24) is 10.2 Å². The van der Waals surface area contributed by atoms with E-state index in [-0.39, 0.29) is 17.6 Å². The SMILES string of the molecule is CC[C@@H](C(=O)NC)N(Cc1ccc(OC)cc1)C(=O)CSc1ccccc1. The maximum Gasteiger partial charge on any atom is 0.242 e. The van der Waals surface area contributed by atoms with Crippen LogP contribution in [0.15, 0.2) is 59.5 Å². The van der Waals surface area contributed by atoms with Gasteiger partial charge in [-0.05, 0) is 36.2 Å². The van der Waals surface area contributed by atoms with Crippen molar-refractivity contribution in [2.24, 2.45) is 0 Å². The smallest absolute Gasteiger partial charge is 0.242 e. The van der Waals surface area contributed by atoms with Crippen LogP contribution in [0.1, 0.15) is 18.9 Å². The maximum atomic E-state index is 13.0. The van der Waals surface area contributed by atoms with Gasteiger partial charge in [-0.3, -0.25) is 9.59 Å². The van der Waals surface area contributed by atoms with E-state index in [0.717, 1.165) is 16.2 Å². The Labute approximate surface area is 165 Å². The fourth-order valence-corrected chi connectivity index (χ4v) is 3.56. The summed E-state index contributed by atoms with van der Waals surface area (Å²) < 4.78 is 5.19. The number of carbonyl (C=O) groups is 2. The topological polar surface area (TPSA) is 58.6 Å². The van der Waals surface area contributed by atoms with E-state index in [1.807, 2.05) is 61.5 Å². The largest absolute Gasteiger partial charge is 0.497 e. The second-order valence-electron chi connectivity index (χ2n) is 6.01. The first kappa shape index (κ1) is 20.8. The van der Waals surface area contributed by atoms with Crippen molar-refractivity contribution in [2.45, 2.75) is 30.8 Å². The lowest BCUT2D eigenvalue weighted by Gasteiger charge is -2.30. The van der Waals surface area contributed by atoms with E-state index >= 15 is 0 Å². The third-order valence-corrected chi connectivity index (χ3v) is 5.25. The van der Waals surface area contributed by atoms with Crippen molar-refractivity contribution in [3.63, 3.8) is 0 Å². The molecule has 2 aromatic carbocycles. The number of ether oxygens (including phenoxy) is 1. The molecule has 0 saturated carbocycles. The van der Waals surface area contributed by atoms with Gasteiger partial charge in [0.2, 0.25) is 11.8 Å². The standard InChI is InChI=1S/C21H26N2O3S/c1-4-19(21(25)22-2)23(14-16-10-12-17(26-3)13-11-16)20(24)15-27-18-8-6-5-7-9-18/h5-13,19H,4,14-15H2,1-3H3,(H,22,25)/t19-/m0/s1. The van der Waals surface area contributed by atoms with Crippen LogP contribution in [0.2, 0.25) is 0 Å². The Morgan fingerprint density at radius 3 is 2.33 bits per heavy atom. The molecule has 2 rings (SSSR count). The number of nitrogens with one attached hydrogen (secondary N) is 1. The Morgan fingerprint density at radius 1 is 1.11 bits per heavy atom. The minimum Gasteiger partial charge on any atom is -0.497 e. The van der Waals surface area contributed by atoms with Gasteiger partial charge in [0.15, 0.2) is 0 Å². The normalized spacial score (nSPS) is 11.5. The molecular formula is C21H26N2O3S. The van der Waals surface area contributed by atoms with Gasteiger partial charge in [-0.2, -0.15) is 0 Å². The number of benzene rings is 2. The summed E-state index contributed by atoms with van der Waals surface area (Å²) >= 11 is 1.48. The van der Waals surface area contributed by atoms with E-state index in [9.17, 15) is 9.59 Å². The number of amides is 2. The van der Waals surface area contributed by atoms with Gasteiger partial charge in [-0.15, -0.1) is 11.8 Å². The number of likely N-dealkylation sites (N-methyl/N-ethyl adjacent to an activating group) is 1. The first-order valence-electron chi connectivity index (χ1n) is 8.90. The second kappa shape index (κ2) is 10.6. The molecule has 1 atom stereocenters. The first-order valence-corrected chi connectivity index (χ1v) is 9.89. The third-order valence-electron chi connectivity index (χ3n) is 4.25. The molecule has 5 nitrogen and oxygen atoms in total. The average Bonchev–Trinajstić information content (AvgIpc) is 2.72. The van der Waals surface area contributed by atoms with Crippen molar-refractivity contribution in [2.75, 3.05) is 19.9 Å². The molecule has 0 fully saturated rings. The molecular weight excluding hydrogens is 360 g/mol. The zero-order chi connectivity index (χ0) is 19.6. The number of thioether (sulfide) groups is 1. The summed E-state index contributed by atoms with van der Waals surface area (Å²) in [6, 6.07) is 16.8. The number of hydrogen-bond donors (Lipinski definition) is 1. The van der Waals surface area contributed by atoms with Crippen LogP contribution in [-0.4, -0.2) is 42.7 Å². The lowest BCUT2D eigenvalue weighted by atomic mass is 10.1. The third kappa shape index (κ3) is 6.03. The van der Waals surface area contributed by atoms with E-state index in [2.05, 4.69) is 5.32 Å². The lowest BCUT2D eigenvalue weighted by molar-refractivity contribution is -0.139. The molecule has 0 bridgehead atoms. The summed E-state index contributed by atoms with van der Waals surface area (Å²) in [5.41, 5.74) is 0.955. The maximum absolute atomic E-state index is 13.0. The van der Waals surface area contributed by atoms with Gasteiger partial charge in [0.1, 0.15) is 11.8 Å². The highest BCUT2D eigenvalue weighted by molar-refractivity contribution is 8.00. The monoisotopic (exact) mass is 386 g/mol. The fraction of sp³-hybridized carbons (Fsp3) is 0.333. The van der Waals surface area contributed by atoms with Gasteiger partial charge >= 0.3 is 0 Å². The first-order chi connectivity index (χ1) is 13.1. The Morgan fingerprint density at radius 2 is 1.78 bits per heavy atom. The summed E-state index contributed by atoms with van der Waals surface area (Å²) in [5.74, 6) is 0.835. The van der Waals surface area contributed by atoms with Gasteiger partial charge < -0.3 is 15.0 Å². The molecule has 0 saturated heterocycles. The predicted molar refractivity (Wildman–Crippen MR) is 109 cm³/mol. The number of rotatable bonds is 9. The summed E-state index contributed by atoms with van der Waals surface area (Å²) in [4.78, 5) is 28.0. The summed E-state index contributed by atoms with van der Waals surface area (Å²) in [5, 5.41) is 2.67. The summed E-state index contributed by atoms with van der Waals surface area (Å²) in [6.07, 6.45) is 0.553. The molecule has 0 unspecified atom stereocenters. The number of methoxy groups -OCH3 is 1. The van der Waals surface area contributed by atoms with Crippen molar-refractivity contribution in [3.8, 4) is 5.75 Å². The average molecular weight is 387 g/mol. The Hall–Kier alpha value is -2.47. The van der Waals surface area contributed by atoms with Crippen LogP contribution >= 0.6 is 11.8 Å². The molecule has 0 radical (unpaired) electrons. The quantitative estimate of drug-likeness (QED) is 0.672. The van der Waals surface area contributed by atoms with Crippen molar-refractivity contribution in [1.29, 1.82) is 0 Å². The van der Waals surface area contributed by atoms with Crippen molar-refractivity contribution >= 4 is 23.6 Å². The highest BCUT2D eigenvalue weighted by Gasteiger charge is 2.27. The highest BCUT2D eigenvalue weighted by atomic mass is 32.2. The van der Waals surface area contributed by atoms with Crippen molar-refractivity contribution in [3.05, 3.63) is 60.2 Å². The minimum absolute atomic E-state index is 0.0601. The molecule has 144 valence electrons. The second-order valence-corrected chi connectivity index (χ2v) is 7.06. The van der Waals surface area contributed by atoms with Crippen LogP contribution in [0, 0.1) is 0 Å². The molecule has 2 amide bonds. The van der Waals surface area contributed by atoms with Crippen molar-refractivity contribution < 1.29 is 14.3 Å². The van der Waals surface area contributed by atoms with Crippen LogP contribution in [0.3, 0.4) is 0 Å². The molecule has 27 heavy (non-hydrogen) atoms. The van der Waals surface area contributed by atoms with Gasteiger partial charge in [0, 0.05) is 18.5 Å². The Kier molecular flexibility index (Phi) is 8.20. The van der Waals surface area contributed by atoms with Crippen LogP contribution in [0.5, 0.6) is 5.75 Å². The van der Waals surface area contributed by atoms with Gasteiger partial charge in [-0.1, -0.05) is 37.3 Å². The number of carbonyl (C=O) groups excluding carboxylic acids is 2. The molecule has 2 aromatic rings. The van der Waals surface area contributed by atoms with E-state index < -0.39 is 6.04 Å². The van der Waals surface area contributed by atoms with Gasteiger partial charge in [-0.25, -0.2) is 0 Å². The number of nitrogens with zero attached hydrogens (tertiary/aromatic N) is 1. The Bertz CT molecular complexity index is 735. The lowest BCUT2D eigenvalue weighted by Crippen LogP contribution is -2.48. The van der Waals surface area contributed by atoms with Crippen LogP contribution < -0.4 is 10.1 Å². The molecule has 0 aliphatic heterocycles. The molecule has 0 aliphatic rings. The van der Waals surface area contributed by atoms with Gasteiger partial charge in [0.25, 0.3) is 0 Å². The summed E-state index contributed by atoms with van der Waals surface area (Å²) in [6.45, 7) is 2.29. The minimum atomic E-state index is -0.499. The zero-order valence-corrected chi connectivity index (χ0v) is 16.8. The molecule has 0 aliphatic carbocycles. The van der Waals surface area contributed by atoms with Gasteiger partial charge in [0.05, 0.1) is 12.9 Å².